The van der Waals surface area contributed by atoms with Gasteiger partial charge in [-0.2, -0.15) is 0 Å². The van der Waals surface area contributed by atoms with Gasteiger partial charge in [0.2, 0.25) is 0 Å². The van der Waals surface area contributed by atoms with E-state index in [0.29, 0.717) is 0 Å². The number of nitrogens with two attached hydrogens (primary N) is 1. The molecule has 0 amide bonds. The zero-order valence-corrected chi connectivity index (χ0v) is 7.18. The van der Waals surface area contributed by atoms with Crippen molar-refractivity contribution in [1.29, 1.82) is 0 Å². The molecule has 2 N–H and O–H groups in total. The number of hydrogen-bond donors (Lipinski definition) is 1. The van der Waals surface area contributed by atoms with E-state index in [-0.39, 0.29) is 0 Å². The maximum atomic E-state index is 10.3. The molecule has 11 heavy (non-hydrogen) atoms. The van der Waals surface area contributed by atoms with Gasteiger partial charge in [-0.05, 0) is 12.8 Å². The van der Waals surface area contributed by atoms with Gasteiger partial charge in [0, 0.05) is 11.8 Å². The highest BCUT2D eigenvalue weighted by atomic mass is 16.1. The minimum atomic E-state index is 0.723. The third kappa shape index (κ3) is 5.64. The average Bonchev–Trinajstić information content (AvgIpc) is 2.05. The molecule has 0 unspecified atom stereocenters. The first-order valence-electron chi connectivity index (χ1n) is 4.21. The molecule has 0 aliphatic carbocycles. The highest BCUT2D eigenvalue weighted by Gasteiger charge is 1.93. The molecule has 0 saturated carbocycles. The Morgan fingerprint density at radius 3 is 2.55 bits per heavy atom. The van der Waals surface area contributed by atoms with Crippen LogP contribution in [-0.2, 0) is 4.79 Å². The summed E-state index contributed by atoms with van der Waals surface area (Å²) < 4.78 is 0. The number of carbonyl (C=O) groups excluding carboxylic acids is 1. The highest BCUT2D eigenvalue weighted by molar-refractivity contribution is 5.72. The van der Waals surface area contributed by atoms with E-state index in [9.17, 15) is 4.79 Å². The summed E-state index contributed by atoms with van der Waals surface area (Å²) in [6.07, 6.45) is 7.82. The summed E-state index contributed by atoms with van der Waals surface area (Å²) in [5.41, 5.74) is 5.93. The molecule has 0 aromatic heterocycles. The summed E-state index contributed by atoms with van der Waals surface area (Å²) in [6.45, 7) is 2.17. The number of rotatable bonds is 6. The highest BCUT2D eigenvalue weighted by Crippen LogP contribution is 2.06. The average molecular weight is 155 g/mol. The molecule has 0 aromatic rings. The minimum Gasteiger partial charge on any atom is -0.404 e. The number of unbranched alkanes of at least 4 members (excludes halogenated alkanes) is 3. The van der Waals surface area contributed by atoms with Crippen LogP contribution in [0.1, 0.15) is 39.0 Å². The van der Waals surface area contributed by atoms with Crippen LogP contribution >= 0.6 is 0 Å². The van der Waals surface area contributed by atoms with Crippen molar-refractivity contribution < 1.29 is 4.79 Å². The monoisotopic (exact) mass is 155 g/mol. The van der Waals surface area contributed by atoms with Crippen LogP contribution in [0.2, 0.25) is 0 Å². The molecule has 0 fully saturated rings. The second-order valence-electron chi connectivity index (χ2n) is 2.67. The fraction of sp³-hybridized carbons (Fsp3) is 0.667. The summed E-state index contributed by atoms with van der Waals surface area (Å²) in [7, 11) is 0. The fourth-order valence-electron chi connectivity index (χ4n) is 0.937. The van der Waals surface area contributed by atoms with Crippen LogP contribution in [0.4, 0.5) is 0 Å². The molecule has 0 rings (SSSR count). The Balaban J connectivity index is 3.29. The Labute approximate surface area is 68.5 Å². The van der Waals surface area contributed by atoms with Crippen LogP contribution < -0.4 is 5.73 Å². The summed E-state index contributed by atoms with van der Waals surface area (Å²) in [4.78, 5) is 10.3. The van der Waals surface area contributed by atoms with Crippen LogP contribution in [0.3, 0.4) is 0 Å². The van der Waals surface area contributed by atoms with E-state index in [4.69, 9.17) is 5.73 Å². The standard InChI is InChI=1S/C9H17NO/c1-2-3-4-5-6-9(7-10)8-11/h7-8H,2-6,10H2,1H3. The predicted molar refractivity (Wildman–Crippen MR) is 47.1 cm³/mol. The summed E-state index contributed by atoms with van der Waals surface area (Å²) in [5.74, 6) is 0. The molecule has 0 spiro atoms. The molecular weight excluding hydrogens is 138 g/mol. The van der Waals surface area contributed by atoms with Gasteiger partial charge in [-0.3, -0.25) is 4.79 Å². The Hall–Kier alpha value is -0.790. The Kier molecular flexibility index (Phi) is 6.79. The largest absolute Gasteiger partial charge is 0.404 e. The van der Waals surface area contributed by atoms with Gasteiger partial charge in [0.1, 0.15) is 6.29 Å². The zero-order valence-electron chi connectivity index (χ0n) is 7.18. The van der Waals surface area contributed by atoms with Crippen molar-refractivity contribution in [3.8, 4) is 0 Å². The quantitative estimate of drug-likeness (QED) is 0.362. The maximum absolute atomic E-state index is 10.3. The lowest BCUT2D eigenvalue weighted by Gasteiger charge is -1.97. The molecule has 64 valence electrons. The van der Waals surface area contributed by atoms with E-state index in [1.54, 1.807) is 0 Å². The first-order valence-corrected chi connectivity index (χ1v) is 4.21. The van der Waals surface area contributed by atoms with Gasteiger partial charge in [0.15, 0.2) is 0 Å². The third-order valence-corrected chi connectivity index (χ3v) is 1.68. The molecule has 0 aliphatic heterocycles. The van der Waals surface area contributed by atoms with E-state index >= 15 is 0 Å². The molecule has 2 nitrogen and oxygen atoms in total. The van der Waals surface area contributed by atoms with Gasteiger partial charge < -0.3 is 5.73 Å². The van der Waals surface area contributed by atoms with Gasteiger partial charge in [-0.25, -0.2) is 0 Å². The predicted octanol–water partition coefficient (Wildman–Crippen LogP) is 2.00. The molecular formula is C9H17NO. The normalized spacial score (nSPS) is 11.5. The van der Waals surface area contributed by atoms with Crippen LogP contribution in [0.5, 0.6) is 0 Å². The number of carbonyl (C=O) groups is 1. The molecule has 0 bridgehead atoms. The van der Waals surface area contributed by atoms with Crippen LogP contribution in [-0.4, -0.2) is 6.29 Å². The van der Waals surface area contributed by atoms with E-state index in [1.807, 2.05) is 0 Å². The van der Waals surface area contributed by atoms with Crippen molar-refractivity contribution in [1.82, 2.24) is 0 Å². The molecule has 0 saturated heterocycles. The Bertz CT molecular complexity index is 130. The summed E-state index contributed by atoms with van der Waals surface area (Å²) in [5, 5.41) is 0. The zero-order chi connectivity index (χ0) is 8.53. The number of aldehydes is 1. The second kappa shape index (κ2) is 7.32. The Morgan fingerprint density at radius 2 is 2.09 bits per heavy atom. The van der Waals surface area contributed by atoms with Gasteiger partial charge in [0.25, 0.3) is 0 Å². The number of hydrogen-bond acceptors (Lipinski definition) is 2. The molecule has 0 aliphatic rings. The van der Waals surface area contributed by atoms with Gasteiger partial charge in [-0.1, -0.05) is 26.2 Å². The van der Waals surface area contributed by atoms with Crippen molar-refractivity contribution in [2.24, 2.45) is 5.73 Å². The van der Waals surface area contributed by atoms with Crippen molar-refractivity contribution in [3.05, 3.63) is 11.8 Å². The van der Waals surface area contributed by atoms with E-state index in [1.165, 1.54) is 25.5 Å². The SMILES string of the molecule is CCCCCCC(C=O)=CN. The number of allylic oxidation sites excluding steroid dienone is 1. The van der Waals surface area contributed by atoms with Crippen molar-refractivity contribution in [2.75, 3.05) is 0 Å². The molecule has 2 heteroatoms. The van der Waals surface area contributed by atoms with E-state index in [0.717, 1.165) is 24.7 Å². The molecule has 0 atom stereocenters. The first-order chi connectivity index (χ1) is 5.35. The fourth-order valence-corrected chi connectivity index (χ4v) is 0.937. The van der Waals surface area contributed by atoms with Gasteiger partial charge in [-0.15, -0.1) is 0 Å². The second-order valence-corrected chi connectivity index (χ2v) is 2.67. The minimum absolute atomic E-state index is 0.723. The lowest BCUT2D eigenvalue weighted by Crippen LogP contribution is -1.90. The molecule has 0 aromatic carbocycles. The molecule has 0 heterocycles. The Morgan fingerprint density at radius 1 is 1.36 bits per heavy atom. The third-order valence-electron chi connectivity index (χ3n) is 1.68. The van der Waals surface area contributed by atoms with Crippen molar-refractivity contribution in [3.63, 3.8) is 0 Å². The maximum Gasteiger partial charge on any atom is 0.147 e. The molecule has 0 radical (unpaired) electrons. The first kappa shape index (κ1) is 10.2. The van der Waals surface area contributed by atoms with Crippen molar-refractivity contribution >= 4 is 6.29 Å². The summed E-state index contributed by atoms with van der Waals surface area (Å²) >= 11 is 0. The smallest absolute Gasteiger partial charge is 0.147 e. The van der Waals surface area contributed by atoms with Crippen LogP contribution in [0.15, 0.2) is 11.8 Å². The van der Waals surface area contributed by atoms with Crippen LogP contribution in [0, 0.1) is 0 Å². The lowest BCUT2D eigenvalue weighted by molar-refractivity contribution is -0.105. The lowest BCUT2D eigenvalue weighted by atomic mass is 10.1. The summed E-state index contributed by atoms with van der Waals surface area (Å²) in [6, 6.07) is 0. The topological polar surface area (TPSA) is 43.1 Å². The van der Waals surface area contributed by atoms with Crippen molar-refractivity contribution in [2.45, 2.75) is 39.0 Å². The van der Waals surface area contributed by atoms with Crippen LogP contribution in [0.25, 0.3) is 0 Å². The van der Waals surface area contributed by atoms with Gasteiger partial charge >= 0.3 is 0 Å². The van der Waals surface area contributed by atoms with Gasteiger partial charge in [0.05, 0.1) is 0 Å². The van der Waals surface area contributed by atoms with E-state index in [2.05, 4.69) is 6.92 Å². The van der Waals surface area contributed by atoms with E-state index < -0.39 is 0 Å².